The first kappa shape index (κ1) is 24.6. The van der Waals surface area contributed by atoms with Gasteiger partial charge in [0.25, 0.3) is 0 Å². The Hall–Kier alpha value is -2.04. The average Bonchev–Trinajstić information content (AvgIpc) is 3.03. The molecule has 0 saturated heterocycles. The van der Waals surface area contributed by atoms with Gasteiger partial charge in [-0.1, -0.05) is 6.42 Å². The molecule has 3 heterocycles. The molecular weight excluding hydrogens is 519 g/mol. The molecule has 0 unspecified atom stereocenters. The van der Waals surface area contributed by atoms with E-state index in [4.69, 9.17) is 9.47 Å². The summed E-state index contributed by atoms with van der Waals surface area (Å²) in [6, 6.07) is 4.19. The number of aliphatic imine (C=N–C) groups is 1. The molecule has 2 aliphatic rings. The van der Waals surface area contributed by atoms with E-state index in [1.165, 1.54) is 30.4 Å². The third-order valence-electron chi connectivity index (χ3n) is 6.28. The normalized spacial score (nSPS) is 15.8. The third kappa shape index (κ3) is 5.47. The first-order valence-corrected chi connectivity index (χ1v) is 11.3. The van der Waals surface area contributed by atoms with Crippen LogP contribution in [0.2, 0.25) is 0 Å². The van der Waals surface area contributed by atoms with Crippen LogP contribution in [0.1, 0.15) is 48.5 Å². The number of aromatic nitrogens is 3. The van der Waals surface area contributed by atoms with Gasteiger partial charge in [0.05, 0.1) is 14.2 Å². The SMILES string of the molecule is CN=C(NCCCc1nnc2n1CCCCC2)N1CCc2cc(OC)c(OC)cc2C1.I. The van der Waals surface area contributed by atoms with E-state index >= 15 is 0 Å². The minimum Gasteiger partial charge on any atom is -0.493 e. The number of benzene rings is 1. The molecule has 32 heavy (non-hydrogen) atoms. The van der Waals surface area contributed by atoms with Gasteiger partial charge < -0.3 is 24.3 Å². The number of guanidine groups is 1. The van der Waals surface area contributed by atoms with E-state index in [2.05, 4.69) is 42.1 Å². The molecule has 0 bridgehead atoms. The fourth-order valence-corrected chi connectivity index (χ4v) is 4.57. The first-order valence-electron chi connectivity index (χ1n) is 11.3. The summed E-state index contributed by atoms with van der Waals surface area (Å²) in [5, 5.41) is 12.4. The average molecular weight is 554 g/mol. The molecule has 2 aromatic rings. The highest BCUT2D eigenvalue weighted by Gasteiger charge is 2.21. The molecule has 0 spiro atoms. The van der Waals surface area contributed by atoms with Crippen LogP contribution in [0, 0.1) is 0 Å². The van der Waals surface area contributed by atoms with E-state index in [1.54, 1.807) is 14.2 Å². The number of nitrogens with zero attached hydrogens (tertiary/aromatic N) is 5. The zero-order valence-corrected chi connectivity index (χ0v) is 21.7. The van der Waals surface area contributed by atoms with Gasteiger partial charge in [0.2, 0.25) is 0 Å². The monoisotopic (exact) mass is 554 g/mol. The number of methoxy groups -OCH3 is 2. The Morgan fingerprint density at radius 2 is 1.81 bits per heavy atom. The van der Waals surface area contributed by atoms with Crippen molar-refractivity contribution in [3.05, 3.63) is 34.9 Å². The highest BCUT2D eigenvalue weighted by molar-refractivity contribution is 14.0. The molecule has 0 saturated carbocycles. The Morgan fingerprint density at radius 1 is 1.03 bits per heavy atom. The van der Waals surface area contributed by atoms with Gasteiger partial charge in [-0.15, -0.1) is 34.2 Å². The predicted octanol–water partition coefficient (Wildman–Crippen LogP) is 3.21. The summed E-state index contributed by atoms with van der Waals surface area (Å²) in [7, 11) is 5.21. The molecule has 0 radical (unpaired) electrons. The van der Waals surface area contributed by atoms with E-state index in [0.717, 1.165) is 81.0 Å². The standard InChI is InChI=1S/C23H34N6O2.HI/c1-24-23(25-11-7-9-22-27-26-21-8-5-4-6-12-29(21)22)28-13-10-17-14-19(30-2)20(31-3)15-18(17)16-28;/h14-15H,4-13,16H2,1-3H3,(H,24,25);1H. The van der Waals surface area contributed by atoms with Crippen molar-refractivity contribution >= 4 is 29.9 Å². The van der Waals surface area contributed by atoms with Crippen molar-refractivity contribution in [1.82, 2.24) is 25.0 Å². The van der Waals surface area contributed by atoms with Crippen LogP contribution in [0.15, 0.2) is 17.1 Å². The van der Waals surface area contributed by atoms with Crippen LogP contribution in [0.4, 0.5) is 0 Å². The molecule has 1 aromatic heterocycles. The first-order chi connectivity index (χ1) is 15.2. The molecule has 0 atom stereocenters. The molecule has 2 aliphatic heterocycles. The van der Waals surface area contributed by atoms with Crippen molar-refractivity contribution in [3.8, 4) is 11.5 Å². The Bertz CT molecular complexity index is 929. The second-order valence-electron chi connectivity index (χ2n) is 8.22. The third-order valence-corrected chi connectivity index (χ3v) is 6.28. The Kier molecular flexibility index (Phi) is 9.01. The zero-order valence-electron chi connectivity index (χ0n) is 19.4. The predicted molar refractivity (Wildman–Crippen MR) is 136 cm³/mol. The summed E-state index contributed by atoms with van der Waals surface area (Å²) in [5.41, 5.74) is 2.58. The van der Waals surface area contributed by atoms with Crippen LogP contribution >= 0.6 is 24.0 Å². The molecule has 1 aromatic carbocycles. The Morgan fingerprint density at radius 3 is 2.56 bits per heavy atom. The number of aryl methyl sites for hydroxylation is 2. The van der Waals surface area contributed by atoms with Gasteiger partial charge >= 0.3 is 0 Å². The molecule has 1 N–H and O–H groups in total. The molecule has 8 nitrogen and oxygen atoms in total. The van der Waals surface area contributed by atoms with Gasteiger partial charge in [-0.25, -0.2) is 0 Å². The van der Waals surface area contributed by atoms with Crippen molar-refractivity contribution in [2.24, 2.45) is 4.99 Å². The molecule has 176 valence electrons. The maximum atomic E-state index is 5.48. The van der Waals surface area contributed by atoms with Crippen molar-refractivity contribution in [1.29, 1.82) is 0 Å². The molecule has 0 amide bonds. The second-order valence-corrected chi connectivity index (χ2v) is 8.22. The number of hydrogen-bond donors (Lipinski definition) is 1. The van der Waals surface area contributed by atoms with E-state index in [9.17, 15) is 0 Å². The minimum atomic E-state index is 0. The number of halogens is 1. The molecule has 9 heteroatoms. The summed E-state index contributed by atoms with van der Waals surface area (Å²) in [4.78, 5) is 6.82. The van der Waals surface area contributed by atoms with Crippen LogP contribution < -0.4 is 14.8 Å². The van der Waals surface area contributed by atoms with Gasteiger partial charge in [0, 0.05) is 46.1 Å². The van der Waals surface area contributed by atoms with Gasteiger partial charge in [-0.2, -0.15) is 0 Å². The van der Waals surface area contributed by atoms with Crippen LogP contribution in [0.5, 0.6) is 11.5 Å². The van der Waals surface area contributed by atoms with Crippen LogP contribution in [-0.2, 0) is 32.4 Å². The Labute approximate surface area is 207 Å². The van der Waals surface area contributed by atoms with Gasteiger partial charge in [-0.05, 0) is 48.9 Å². The minimum absolute atomic E-state index is 0. The lowest BCUT2D eigenvalue weighted by Gasteiger charge is -2.32. The summed E-state index contributed by atoms with van der Waals surface area (Å²) < 4.78 is 13.3. The van der Waals surface area contributed by atoms with Gasteiger partial charge in [0.1, 0.15) is 11.6 Å². The highest BCUT2D eigenvalue weighted by atomic mass is 127. The number of ether oxygens (including phenoxy) is 2. The topological polar surface area (TPSA) is 76.8 Å². The lowest BCUT2D eigenvalue weighted by Crippen LogP contribution is -2.44. The molecule has 0 aliphatic carbocycles. The fraction of sp³-hybridized carbons (Fsp3) is 0.609. The van der Waals surface area contributed by atoms with E-state index in [1.807, 2.05) is 7.05 Å². The lowest BCUT2D eigenvalue weighted by atomic mass is 9.99. The van der Waals surface area contributed by atoms with Crippen molar-refractivity contribution in [2.45, 2.75) is 58.0 Å². The summed E-state index contributed by atoms with van der Waals surface area (Å²) in [6.07, 6.45) is 7.72. The number of rotatable bonds is 6. The Balaban J connectivity index is 0.00000289. The number of fused-ring (bicyclic) bond motifs is 2. The van der Waals surface area contributed by atoms with E-state index in [0.29, 0.717) is 0 Å². The maximum absolute atomic E-state index is 5.48. The summed E-state index contributed by atoms with van der Waals surface area (Å²) >= 11 is 0. The highest BCUT2D eigenvalue weighted by Crippen LogP contribution is 2.33. The summed E-state index contributed by atoms with van der Waals surface area (Å²) in [6.45, 7) is 3.67. The molecule has 4 rings (SSSR count). The smallest absolute Gasteiger partial charge is 0.193 e. The molecule has 0 fully saturated rings. The van der Waals surface area contributed by atoms with Crippen LogP contribution in [-0.4, -0.2) is 60.0 Å². The molecular formula is C23H35IN6O2. The fourth-order valence-electron chi connectivity index (χ4n) is 4.57. The summed E-state index contributed by atoms with van der Waals surface area (Å²) in [5.74, 6) is 4.81. The van der Waals surface area contributed by atoms with Crippen molar-refractivity contribution < 1.29 is 9.47 Å². The second kappa shape index (κ2) is 11.7. The largest absolute Gasteiger partial charge is 0.493 e. The van der Waals surface area contributed by atoms with Crippen molar-refractivity contribution in [2.75, 3.05) is 34.4 Å². The van der Waals surface area contributed by atoms with Gasteiger partial charge in [-0.3, -0.25) is 4.99 Å². The number of hydrogen-bond acceptors (Lipinski definition) is 5. The van der Waals surface area contributed by atoms with E-state index < -0.39 is 0 Å². The lowest BCUT2D eigenvalue weighted by molar-refractivity contribution is 0.346. The zero-order chi connectivity index (χ0) is 21.6. The maximum Gasteiger partial charge on any atom is 0.193 e. The quantitative estimate of drug-likeness (QED) is 0.256. The van der Waals surface area contributed by atoms with Crippen LogP contribution in [0.3, 0.4) is 0 Å². The van der Waals surface area contributed by atoms with E-state index in [-0.39, 0.29) is 24.0 Å². The van der Waals surface area contributed by atoms with Crippen molar-refractivity contribution in [3.63, 3.8) is 0 Å². The number of nitrogens with one attached hydrogen (secondary N) is 1. The van der Waals surface area contributed by atoms with Crippen LogP contribution in [0.25, 0.3) is 0 Å². The van der Waals surface area contributed by atoms with Gasteiger partial charge in [0.15, 0.2) is 17.5 Å².